The van der Waals surface area contributed by atoms with Gasteiger partial charge in [0.05, 0.1) is 5.71 Å². The highest BCUT2D eigenvalue weighted by Crippen LogP contribution is 2.26. The summed E-state index contributed by atoms with van der Waals surface area (Å²) in [5, 5.41) is 7.25. The van der Waals surface area contributed by atoms with Gasteiger partial charge in [-0.3, -0.25) is 9.78 Å². The fraction of sp³-hybridized carbons (Fsp3) is 0.333. The normalized spacial score (nSPS) is 18.6. The number of carbonyl (C=O) groups excluding carboxylic acids is 2. The van der Waals surface area contributed by atoms with Crippen LogP contribution in [0, 0.1) is 5.92 Å². The Hall–Kier alpha value is -3.43. The Morgan fingerprint density at radius 1 is 1.16 bits per heavy atom. The molecule has 0 aliphatic carbocycles. The van der Waals surface area contributed by atoms with Gasteiger partial charge in [0.1, 0.15) is 6.54 Å². The molecule has 2 aromatic rings. The SMILES string of the molecule is C[C@@H]1CC(=O)N(CC(F)(F)F)N=C1c1ccc(NC(=O)N2Cc3ccncc3C2)cc1. The fourth-order valence-electron chi connectivity index (χ4n) is 3.67. The largest absolute Gasteiger partial charge is 0.408 e. The number of urea groups is 1. The van der Waals surface area contributed by atoms with Crippen LogP contribution in [0.3, 0.4) is 0 Å². The minimum atomic E-state index is -4.52. The molecule has 162 valence electrons. The monoisotopic (exact) mass is 431 g/mol. The van der Waals surface area contributed by atoms with Gasteiger partial charge in [0, 0.05) is 43.5 Å². The third-order valence-corrected chi connectivity index (χ3v) is 5.24. The van der Waals surface area contributed by atoms with Gasteiger partial charge >= 0.3 is 12.2 Å². The lowest BCUT2D eigenvalue weighted by Crippen LogP contribution is -2.41. The molecule has 3 heterocycles. The van der Waals surface area contributed by atoms with E-state index >= 15 is 0 Å². The number of fused-ring (bicyclic) bond motifs is 1. The summed E-state index contributed by atoms with van der Waals surface area (Å²) in [5.74, 6) is -0.964. The van der Waals surface area contributed by atoms with Crippen molar-refractivity contribution in [1.29, 1.82) is 0 Å². The van der Waals surface area contributed by atoms with Crippen molar-refractivity contribution in [3.8, 4) is 0 Å². The molecule has 3 amide bonds. The van der Waals surface area contributed by atoms with E-state index in [1.807, 2.05) is 6.07 Å². The molecule has 0 bridgehead atoms. The van der Waals surface area contributed by atoms with E-state index in [1.165, 1.54) is 0 Å². The average Bonchev–Trinajstić information content (AvgIpc) is 3.14. The van der Waals surface area contributed by atoms with Gasteiger partial charge in [-0.15, -0.1) is 0 Å². The zero-order valence-corrected chi connectivity index (χ0v) is 16.7. The van der Waals surface area contributed by atoms with E-state index in [4.69, 9.17) is 0 Å². The zero-order chi connectivity index (χ0) is 22.2. The molecule has 0 unspecified atom stereocenters. The van der Waals surface area contributed by atoms with Gasteiger partial charge in [0.25, 0.3) is 0 Å². The van der Waals surface area contributed by atoms with Crippen molar-refractivity contribution < 1.29 is 22.8 Å². The van der Waals surface area contributed by atoms with Crippen molar-refractivity contribution in [3.05, 3.63) is 59.4 Å². The molecule has 0 saturated heterocycles. The van der Waals surface area contributed by atoms with E-state index in [-0.39, 0.29) is 18.4 Å². The third kappa shape index (κ3) is 4.68. The number of hydrogen-bond acceptors (Lipinski definition) is 4. The quantitative estimate of drug-likeness (QED) is 0.804. The standard InChI is InChI=1S/C21H20F3N5O2/c1-13-8-18(30)29(12-21(22,23)24)27-19(13)14-2-4-17(5-3-14)26-20(31)28-10-15-6-7-25-9-16(15)11-28/h2-7,9,13H,8,10-12H2,1H3,(H,26,31)/t13-/m1/s1. The topological polar surface area (TPSA) is 77.9 Å². The number of rotatable bonds is 3. The molecule has 1 atom stereocenters. The summed E-state index contributed by atoms with van der Waals surface area (Å²) in [5.41, 5.74) is 3.63. The van der Waals surface area contributed by atoms with Crippen LogP contribution in [-0.2, 0) is 17.9 Å². The number of aromatic nitrogens is 1. The van der Waals surface area contributed by atoms with Crippen LogP contribution < -0.4 is 5.32 Å². The number of hydrazone groups is 1. The van der Waals surface area contributed by atoms with Crippen LogP contribution in [0.25, 0.3) is 0 Å². The maximum Gasteiger partial charge on any atom is 0.408 e. The number of carbonyl (C=O) groups is 2. The molecule has 2 aliphatic rings. The first-order valence-corrected chi connectivity index (χ1v) is 9.73. The molecule has 0 saturated carbocycles. The van der Waals surface area contributed by atoms with Gasteiger partial charge in [0.2, 0.25) is 5.91 Å². The second kappa shape index (κ2) is 8.01. The van der Waals surface area contributed by atoms with E-state index in [0.717, 1.165) is 11.1 Å². The lowest BCUT2D eigenvalue weighted by atomic mass is 9.93. The van der Waals surface area contributed by atoms with Gasteiger partial charge in [-0.05, 0) is 34.9 Å². The van der Waals surface area contributed by atoms with Gasteiger partial charge in [-0.25, -0.2) is 9.80 Å². The molecule has 2 aliphatic heterocycles. The average molecular weight is 431 g/mol. The predicted octanol–water partition coefficient (Wildman–Crippen LogP) is 3.76. The summed E-state index contributed by atoms with van der Waals surface area (Å²) in [6, 6.07) is 8.31. The van der Waals surface area contributed by atoms with Crippen LogP contribution >= 0.6 is 0 Å². The Kier molecular flexibility index (Phi) is 5.38. The van der Waals surface area contributed by atoms with Crippen LogP contribution in [0.1, 0.15) is 30.0 Å². The first kappa shape index (κ1) is 20.8. The van der Waals surface area contributed by atoms with E-state index in [1.54, 1.807) is 48.5 Å². The Morgan fingerprint density at radius 2 is 1.87 bits per heavy atom. The highest BCUT2D eigenvalue weighted by atomic mass is 19.4. The number of alkyl halides is 3. The van der Waals surface area contributed by atoms with Crippen molar-refractivity contribution >= 4 is 23.3 Å². The van der Waals surface area contributed by atoms with Gasteiger partial charge < -0.3 is 10.2 Å². The van der Waals surface area contributed by atoms with Crippen LogP contribution in [0.5, 0.6) is 0 Å². The first-order chi connectivity index (χ1) is 14.7. The van der Waals surface area contributed by atoms with Crippen molar-refractivity contribution in [2.24, 2.45) is 11.0 Å². The third-order valence-electron chi connectivity index (χ3n) is 5.24. The number of pyridine rings is 1. The molecule has 1 aromatic carbocycles. The highest BCUT2D eigenvalue weighted by molar-refractivity contribution is 6.06. The molecule has 1 N–H and O–H groups in total. The number of halogens is 3. The van der Waals surface area contributed by atoms with E-state index in [2.05, 4.69) is 15.4 Å². The lowest BCUT2D eigenvalue weighted by molar-refractivity contribution is -0.162. The van der Waals surface area contributed by atoms with E-state index in [9.17, 15) is 22.8 Å². The molecular weight excluding hydrogens is 411 g/mol. The number of amides is 3. The van der Waals surface area contributed by atoms with Crippen molar-refractivity contribution in [1.82, 2.24) is 14.9 Å². The molecule has 0 radical (unpaired) electrons. The maximum absolute atomic E-state index is 12.7. The van der Waals surface area contributed by atoms with Crippen LogP contribution in [0.15, 0.2) is 47.8 Å². The number of anilines is 1. The second-order valence-electron chi connectivity index (χ2n) is 7.66. The summed E-state index contributed by atoms with van der Waals surface area (Å²) in [7, 11) is 0. The van der Waals surface area contributed by atoms with Crippen molar-refractivity contribution in [2.75, 3.05) is 11.9 Å². The van der Waals surface area contributed by atoms with Crippen LogP contribution in [0.2, 0.25) is 0 Å². The van der Waals surface area contributed by atoms with E-state index in [0.29, 0.717) is 35.1 Å². The fourth-order valence-corrected chi connectivity index (χ4v) is 3.67. The first-order valence-electron chi connectivity index (χ1n) is 9.73. The van der Waals surface area contributed by atoms with Gasteiger partial charge in [-0.1, -0.05) is 19.1 Å². The molecule has 4 rings (SSSR count). The van der Waals surface area contributed by atoms with Gasteiger partial charge in [-0.2, -0.15) is 18.3 Å². The Labute approximate surface area is 176 Å². The van der Waals surface area contributed by atoms with Crippen molar-refractivity contribution in [2.45, 2.75) is 32.6 Å². The molecule has 7 nitrogen and oxygen atoms in total. The summed E-state index contributed by atoms with van der Waals surface area (Å²) >= 11 is 0. The minimum absolute atomic E-state index is 0.0439. The van der Waals surface area contributed by atoms with Crippen LogP contribution in [0.4, 0.5) is 23.7 Å². The molecule has 1 aromatic heterocycles. The highest BCUT2D eigenvalue weighted by Gasteiger charge is 2.36. The smallest absolute Gasteiger partial charge is 0.316 e. The molecule has 10 heteroatoms. The Balaban J connectivity index is 1.45. The summed E-state index contributed by atoms with van der Waals surface area (Å²) in [6.07, 6.45) is -1.13. The second-order valence-corrected chi connectivity index (χ2v) is 7.66. The number of benzene rings is 1. The molecule has 0 fully saturated rings. The predicted molar refractivity (Wildman–Crippen MR) is 107 cm³/mol. The zero-order valence-electron chi connectivity index (χ0n) is 16.7. The van der Waals surface area contributed by atoms with Crippen molar-refractivity contribution in [3.63, 3.8) is 0 Å². The van der Waals surface area contributed by atoms with Gasteiger partial charge in [0.15, 0.2) is 0 Å². The lowest BCUT2D eigenvalue weighted by Gasteiger charge is -2.28. The number of nitrogens with one attached hydrogen (secondary N) is 1. The Bertz CT molecular complexity index is 1010. The summed E-state index contributed by atoms with van der Waals surface area (Å²) in [6.45, 7) is 1.31. The summed E-state index contributed by atoms with van der Waals surface area (Å²) < 4.78 is 38.2. The molecular formula is C21H20F3N5O2. The molecule has 31 heavy (non-hydrogen) atoms. The number of hydrogen-bond donors (Lipinski definition) is 1. The number of nitrogens with zero attached hydrogens (tertiary/aromatic N) is 4. The van der Waals surface area contributed by atoms with E-state index < -0.39 is 18.6 Å². The van der Waals surface area contributed by atoms with Crippen LogP contribution in [-0.4, -0.2) is 45.3 Å². The minimum Gasteiger partial charge on any atom is -0.316 e. The maximum atomic E-state index is 12.7. The summed E-state index contributed by atoms with van der Waals surface area (Å²) in [4.78, 5) is 30.2. The molecule has 0 spiro atoms. The Morgan fingerprint density at radius 3 is 2.55 bits per heavy atom.